The first-order valence-electron chi connectivity index (χ1n) is 5.66. The summed E-state index contributed by atoms with van der Waals surface area (Å²) in [5.41, 5.74) is 6.38. The van der Waals surface area contributed by atoms with Crippen LogP contribution in [-0.4, -0.2) is 29.1 Å². The van der Waals surface area contributed by atoms with Crippen molar-refractivity contribution in [1.82, 2.24) is 15.5 Å². The minimum atomic E-state index is -0.262. The summed E-state index contributed by atoms with van der Waals surface area (Å²) < 4.78 is 5.10. The third kappa shape index (κ3) is 4.80. The summed E-state index contributed by atoms with van der Waals surface area (Å²) in [7, 11) is 0. The van der Waals surface area contributed by atoms with Gasteiger partial charge in [-0.2, -0.15) is 0 Å². The van der Waals surface area contributed by atoms with E-state index in [0.717, 1.165) is 12.0 Å². The smallest absolute Gasteiger partial charge is 0.273 e. The molecule has 2 aromatic heterocycles. The molecule has 0 atom stereocenters. The topological polar surface area (TPSA) is 94.0 Å². The van der Waals surface area contributed by atoms with Crippen molar-refractivity contribution in [3.63, 3.8) is 0 Å². The van der Waals surface area contributed by atoms with Gasteiger partial charge in [-0.15, -0.1) is 24.8 Å². The Morgan fingerprint density at radius 3 is 2.85 bits per heavy atom. The highest BCUT2D eigenvalue weighted by Gasteiger charge is 2.12. The van der Waals surface area contributed by atoms with Gasteiger partial charge >= 0.3 is 0 Å². The minimum absolute atomic E-state index is 0. The highest BCUT2D eigenvalue weighted by molar-refractivity contribution is 5.93. The van der Waals surface area contributed by atoms with Crippen LogP contribution in [0.2, 0.25) is 0 Å². The van der Waals surface area contributed by atoms with Crippen molar-refractivity contribution < 1.29 is 9.32 Å². The van der Waals surface area contributed by atoms with E-state index < -0.39 is 0 Å². The van der Waals surface area contributed by atoms with Crippen molar-refractivity contribution in [3.8, 4) is 11.3 Å². The largest absolute Gasteiger partial charge is 0.355 e. The average Bonchev–Trinajstić information content (AvgIpc) is 2.89. The molecule has 2 heterocycles. The maximum atomic E-state index is 11.7. The molecule has 6 nitrogen and oxygen atoms in total. The predicted octanol–water partition coefficient (Wildman–Crippen LogP) is 1.66. The molecule has 2 rings (SSSR count). The number of carbonyl (C=O) groups is 1. The van der Waals surface area contributed by atoms with Gasteiger partial charge in [-0.3, -0.25) is 9.78 Å². The Labute approximate surface area is 128 Å². The van der Waals surface area contributed by atoms with Gasteiger partial charge in [0.25, 0.3) is 5.91 Å². The average molecular weight is 319 g/mol. The van der Waals surface area contributed by atoms with Crippen LogP contribution in [-0.2, 0) is 0 Å². The Morgan fingerprint density at radius 1 is 1.40 bits per heavy atom. The Balaban J connectivity index is 0.00000180. The van der Waals surface area contributed by atoms with Gasteiger partial charge in [0.1, 0.15) is 0 Å². The number of carbonyl (C=O) groups excluding carboxylic acids is 1. The number of pyridine rings is 1. The maximum Gasteiger partial charge on any atom is 0.273 e. The quantitative estimate of drug-likeness (QED) is 0.818. The van der Waals surface area contributed by atoms with Crippen LogP contribution in [0, 0.1) is 0 Å². The van der Waals surface area contributed by atoms with Gasteiger partial charge in [0.15, 0.2) is 11.5 Å². The van der Waals surface area contributed by atoms with Crippen molar-refractivity contribution >= 4 is 30.7 Å². The van der Waals surface area contributed by atoms with Crippen LogP contribution in [0.4, 0.5) is 0 Å². The van der Waals surface area contributed by atoms with Crippen LogP contribution in [0.1, 0.15) is 16.9 Å². The Morgan fingerprint density at radius 2 is 2.20 bits per heavy atom. The fourth-order valence-electron chi connectivity index (χ4n) is 1.42. The molecule has 0 aliphatic carbocycles. The van der Waals surface area contributed by atoms with Crippen LogP contribution in [0.25, 0.3) is 11.3 Å². The maximum absolute atomic E-state index is 11.7. The van der Waals surface area contributed by atoms with Gasteiger partial charge in [0.05, 0.1) is 0 Å². The first kappa shape index (κ1) is 18.4. The zero-order chi connectivity index (χ0) is 12.8. The number of hydrogen-bond acceptors (Lipinski definition) is 5. The van der Waals surface area contributed by atoms with Gasteiger partial charge in [0, 0.05) is 30.6 Å². The predicted molar refractivity (Wildman–Crippen MR) is 80.2 cm³/mol. The number of nitrogens with one attached hydrogen (secondary N) is 1. The number of rotatable bonds is 5. The highest BCUT2D eigenvalue weighted by Crippen LogP contribution is 2.18. The molecule has 0 saturated heterocycles. The van der Waals surface area contributed by atoms with Crippen LogP contribution in [0.15, 0.2) is 35.1 Å². The minimum Gasteiger partial charge on any atom is -0.355 e. The van der Waals surface area contributed by atoms with Gasteiger partial charge in [-0.05, 0) is 25.1 Å². The lowest BCUT2D eigenvalue weighted by Crippen LogP contribution is -2.26. The van der Waals surface area contributed by atoms with Gasteiger partial charge in [0.2, 0.25) is 0 Å². The van der Waals surface area contributed by atoms with E-state index in [4.69, 9.17) is 10.3 Å². The fraction of sp³-hybridized carbons (Fsp3) is 0.250. The molecule has 0 aliphatic heterocycles. The first-order valence-corrected chi connectivity index (χ1v) is 5.66. The Bertz CT molecular complexity index is 519. The summed E-state index contributed by atoms with van der Waals surface area (Å²) in [5, 5.41) is 6.43. The highest BCUT2D eigenvalue weighted by atomic mass is 35.5. The van der Waals surface area contributed by atoms with Crippen LogP contribution in [0.5, 0.6) is 0 Å². The van der Waals surface area contributed by atoms with Crippen LogP contribution < -0.4 is 11.1 Å². The lowest BCUT2D eigenvalue weighted by molar-refractivity contribution is 0.0944. The van der Waals surface area contributed by atoms with Crippen molar-refractivity contribution in [2.45, 2.75) is 6.42 Å². The molecular weight excluding hydrogens is 303 g/mol. The van der Waals surface area contributed by atoms with Crippen LogP contribution in [0.3, 0.4) is 0 Å². The molecule has 0 aromatic carbocycles. The monoisotopic (exact) mass is 318 g/mol. The van der Waals surface area contributed by atoms with E-state index in [2.05, 4.69) is 15.5 Å². The summed E-state index contributed by atoms with van der Waals surface area (Å²) in [6.07, 6.45) is 4.05. The van der Waals surface area contributed by atoms with Gasteiger partial charge in [-0.1, -0.05) is 5.16 Å². The number of hydrogen-bond donors (Lipinski definition) is 2. The number of aromatic nitrogens is 2. The zero-order valence-electron chi connectivity index (χ0n) is 10.6. The number of nitrogens with two attached hydrogens (primary N) is 1. The van der Waals surface area contributed by atoms with Crippen molar-refractivity contribution in [1.29, 1.82) is 0 Å². The molecule has 0 radical (unpaired) electrons. The number of halogens is 2. The second-order valence-corrected chi connectivity index (χ2v) is 3.72. The summed E-state index contributed by atoms with van der Waals surface area (Å²) in [6, 6.07) is 5.22. The van der Waals surface area contributed by atoms with E-state index in [1.807, 2.05) is 6.07 Å². The molecular formula is C12H16Cl2N4O2. The molecule has 2 aromatic rings. The lowest BCUT2D eigenvalue weighted by Gasteiger charge is -1.99. The SMILES string of the molecule is Cl.Cl.NCCCNC(=O)c1cc(-c2cccnc2)on1. The lowest BCUT2D eigenvalue weighted by atomic mass is 10.2. The zero-order valence-corrected chi connectivity index (χ0v) is 12.2. The fourth-order valence-corrected chi connectivity index (χ4v) is 1.42. The molecule has 1 amide bonds. The van der Waals surface area contributed by atoms with Crippen molar-refractivity contribution in [2.75, 3.05) is 13.1 Å². The molecule has 0 unspecified atom stereocenters. The normalized spacial score (nSPS) is 9.25. The Hall–Kier alpha value is -1.63. The molecule has 0 fully saturated rings. The molecule has 0 saturated carbocycles. The molecule has 0 bridgehead atoms. The molecule has 110 valence electrons. The summed E-state index contributed by atoms with van der Waals surface area (Å²) in [6.45, 7) is 1.07. The second kappa shape index (κ2) is 9.30. The summed E-state index contributed by atoms with van der Waals surface area (Å²) in [4.78, 5) is 15.6. The molecule has 3 N–H and O–H groups in total. The van der Waals surface area contributed by atoms with E-state index in [1.54, 1.807) is 24.5 Å². The molecule has 20 heavy (non-hydrogen) atoms. The third-order valence-corrected chi connectivity index (χ3v) is 2.36. The van der Waals surface area contributed by atoms with Gasteiger partial charge in [-0.25, -0.2) is 0 Å². The second-order valence-electron chi connectivity index (χ2n) is 3.72. The van der Waals surface area contributed by atoms with Crippen LogP contribution >= 0.6 is 24.8 Å². The van der Waals surface area contributed by atoms with E-state index in [-0.39, 0.29) is 36.4 Å². The van der Waals surface area contributed by atoms with E-state index in [1.165, 1.54) is 0 Å². The summed E-state index contributed by atoms with van der Waals surface area (Å²) in [5.74, 6) is 0.259. The molecule has 0 spiro atoms. The number of amides is 1. The first-order chi connectivity index (χ1) is 8.81. The molecule has 8 heteroatoms. The van der Waals surface area contributed by atoms with E-state index in [0.29, 0.717) is 18.8 Å². The third-order valence-electron chi connectivity index (χ3n) is 2.36. The Kier molecular flexibility index (Phi) is 8.54. The number of nitrogens with zero attached hydrogens (tertiary/aromatic N) is 2. The standard InChI is InChI=1S/C12H14N4O2.2ClH/c13-4-2-6-15-12(17)10-7-11(18-16-10)9-3-1-5-14-8-9;;/h1,3,5,7-8H,2,4,6,13H2,(H,15,17);2*1H. The van der Waals surface area contributed by atoms with Gasteiger partial charge < -0.3 is 15.6 Å². The van der Waals surface area contributed by atoms with Crippen molar-refractivity contribution in [3.05, 3.63) is 36.3 Å². The van der Waals surface area contributed by atoms with E-state index in [9.17, 15) is 4.79 Å². The molecule has 0 aliphatic rings. The van der Waals surface area contributed by atoms with E-state index >= 15 is 0 Å². The summed E-state index contributed by atoms with van der Waals surface area (Å²) >= 11 is 0. The van der Waals surface area contributed by atoms with Crippen molar-refractivity contribution in [2.24, 2.45) is 5.73 Å².